The Morgan fingerprint density at radius 3 is 2.28 bits per heavy atom. The fourth-order valence-electron chi connectivity index (χ4n) is 2.76. The van der Waals surface area contributed by atoms with Crippen LogP contribution in [0.1, 0.15) is 17.0 Å². The third kappa shape index (κ3) is 4.20. The van der Waals surface area contributed by atoms with Crippen molar-refractivity contribution in [3.05, 3.63) is 77.4 Å². The number of benzene rings is 2. The molecule has 0 saturated heterocycles. The summed E-state index contributed by atoms with van der Waals surface area (Å²) in [4.78, 5) is 4.23. The Labute approximate surface area is 168 Å². The number of nitriles is 1. The first-order chi connectivity index (χ1) is 13.7. The summed E-state index contributed by atoms with van der Waals surface area (Å²) in [6.07, 6.45) is 0. The monoisotopic (exact) mass is 411 g/mol. The molecule has 1 aromatic heterocycles. The lowest BCUT2D eigenvalue weighted by molar-refractivity contribution is 0.479. The molecule has 3 aromatic rings. The van der Waals surface area contributed by atoms with Gasteiger partial charge in [-0.05, 0) is 62.4 Å². The molecule has 0 spiro atoms. The highest BCUT2D eigenvalue weighted by molar-refractivity contribution is 7.92. The van der Waals surface area contributed by atoms with Crippen LogP contribution in [-0.4, -0.2) is 20.4 Å². The maximum atomic E-state index is 13.1. The topological polar surface area (TPSA) is 83.3 Å². The molecule has 29 heavy (non-hydrogen) atoms. The first-order valence-electron chi connectivity index (χ1n) is 8.63. The summed E-state index contributed by atoms with van der Waals surface area (Å²) in [7, 11) is -2.41. The molecule has 6 nitrogen and oxygen atoms in total. The Kier molecular flexibility index (Phi) is 5.52. The zero-order valence-electron chi connectivity index (χ0n) is 16.0. The number of aromatic nitrogens is 1. The van der Waals surface area contributed by atoms with Crippen LogP contribution in [0, 0.1) is 31.0 Å². The van der Waals surface area contributed by atoms with Gasteiger partial charge in [0.15, 0.2) is 0 Å². The van der Waals surface area contributed by atoms with Gasteiger partial charge in [0, 0.05) is 18.8 Å². The van der Waals surface area contributed by atoms with Gasteiger partial charge in [0.25, 0.3) is 10.0 Å². The van der Waals surface area contributed by atoms with Gasteiger partial charge in [-0.2, -0.15) is 5.26 Å². The summed E-state index contributed by atoms with van der Waals surface area (Å²) >= 11 is 0. The second-order valence-corrected chi connectivity index (χ2v) is 8.33. The molecule has 0 atom stereocenters. The van der Waals surface area contributed by atoms with Crippen LogP contribution in [0.3, 0.4) is 0 Å². The van der Waals surface area contributed by atoms with Crippen molar-refractivity contribution in [3.63, 3.8) is 0 Å². The van der Waals surface area contributed by atoms with Gasteiger partial charge in [0.05, 0.1) is 16.3 Å². The molecule has 0 bridgehead atoms. The summed E-state index contributed by atoms with van der Waals surface area (Å²) in [5.74, 6) is 0.326. The molecule has 0 aliphatic heterocycles. The van der Waals surface area contributed by atoms with Crippen molar-refractivity contribution < 1.29 is 17.5 Å². The number of anilines is 1. The Morgan fingerprint density at radius 2 is 1.69 bits per heavy atom. The van der Waals surface area contributed by atoms with E-state index in [4.69, 9.17) is 4.74 Å². The van der Waals surface area contributed by atoms with Crippen molar-refractivity contribution in [3.8, 4) is 17.6 Å². The summed E-state index contributed by atoms with van der Waals surface area (Å²) in [6, 6.07) is 14.8. The van der Waals surface area contributed by atoms with Crippen LogP contribution in [0.2, 0.25) is 0 Å². The zero-order chi connectivity index (χ0) is 21.2. The summed E-state index contributed by atoms with van der Waals surface area (Å²) < 4.78 is 45.4. The zero-order valence-corrected chi connectivity index (χ0v) is 16.9. The van der Waals surface area contributed by atoms with E-state index in [-0.39, 0.29) is 4.90 Å². The van der Waals surface area contributed by atoms with Crippen molar-refractivity contribution in [1.29, 1.82) is 5.26 Å². The standard InChI is InChI=1S/C21H18FN3O3S/c1-14-12-21(20(13-23)15(2)24-14)28-18-8-6-17(7-9-18)25(3)29(26,27)19-10-4-16(22)5-11-19/h4-12H,1-3H3. The third-order valence-corrected chi connectivity index (χ3v) is 6.10. The quantitative estimate of drug-likeness (QED) is 0.624. The van der Waals surface area contributed by atoms with Crippen LogP contribution in [0.5, 0.6) is 11.5 Å². The summed E-state index contributed by atoms with van der Waals surface area (Å²) in [5, 5.41) is 9.33. The Balaban J connectivity index is 1.86. The minimum Gasteiger partial charge on any atom is -0.456 e. The van der Waals surface area contributed by atoms with Gasteiger partial charge in [-0.15, -0.1) is 0 Å². The smallest absolute Gasteiger partial charge is 0.264 e. The minimum absolute atomic E-state index is 0.0110. The summed E-state index contributed by atoms with van der Waals surface area (Å²) in [5.41, 5.74) is 2.04. The van der Waals surface area contributed by atoms with Crippen LogP contribution in [0.4, 0.5) is 10.1 Å². The molecule has 0 N–H and O–H groups in total. The maximum Gasteiger partial charge on any atom is 0.264 e. The molecule has 0 saturated carbocycles. The molecule has 2 aromatic carbocycles. The predicted octanol–water partition coefficient (Wildman–Crippen LogP) is 4.33. The number of pyridine rings is 1. The first-order valence-corrected chi connectivity index (χ1v) is 10.1. The average molecular weight is 411 g/mol. The van der Waals surface area contributed by atoms with Gasteiger partial charge in [0.1, 0.15) is 28.9 Å². The van der Waals surface area contributed by atoms with E-state index in [0.717, 1.165) is 22.1 Å². The molecule has 3 rings (SSSR count). The number of hydrogen-bond acceptors (Lipinski definition) is 5. The number of hydrogen-bond donors (Lipinski definition) is 0. The van der Waals surface area contributed by atoms with E-state index >= 15 is 0 Å². The highest BCUT2D eigenvalue weighted by Crippen LogP contribution is 2.30. The lowest BCUT2D eigenvalue weighted by atomic mass is 10.2. The number of sulfonamides is 1. The van der Waals surface area contributed by atoms with Gasteiger partial charge >= 0.3 is 0 Å². The van der Waals surface area contributed by atoms with E-state index in [1.54, 1.807) is 44.2 Å². The molecule has 1 heterocycles. The van der Waals surface area contributed by atoms with Crippen LogP contribution in [-0.2, 0) is 10.0 Å². The molecule has 0 radical (unpaired) electrons. The Morgan fingerprint density at radius 1 is 1.07 bits per heavy atom. The number of nitrogens with zero attached hydrogens (tertiary/aromatic N) is 3. The molecule has 8 heteroatoms. The molecule has 0 amide bonds. The van der Waals surface area contributed by atoms with Crippen molar-refractivity contribution in [2.45, 2.75) is 18.7 Å². The molecule has 0 aliphatic carbocycles. The van der Waals surface area contributed by atoms with Crippen molar-refractivity contribution >= 4 is 15.7 Å². The molecule has 148 valence electrons. The van der Waals surface area contributed by atoms with Gasteiger partial charge in [-0.1, -0.05) is 0 Å². The predicted molar refractivity (Wildman–Crippen MR) is 107 cm³/mol. The first kappa shape index (κ1) is 20.3. The van der Waals surface area contributed by atoms with E-state index in [1.165, 1.54) is 19.2 Å². The molecule has 0 aliphatic rings. The lowest BCUT2D eigenvalue weighted by Gasteiger charge is -2.20. The Bertz CT molecular complexity index is 1190. The molecular formula is C21H18FN3O3S. The van der Waals surface area contributed by atoms with Crippen LogP contribution in [0.15, 0.2) is 59.5 Å². The second kappa shape index (κ2) is 7.89. The lowest BCUT2D eigenvalue weighted by Crippen LogP contribution is -2.26. The number of halogens is 1. The normalized spacial score (nSPS) is 11.0. The molecule has 0 unspecified atom stereocenters. The van der Waals surface area contributed by atoms with Crippen molar-refractivity contribution in [2.24, 2.45) is 0 Å². The Hall–Kier alpha value is -3.44. The van der Waals surface area contributed by atoms with E-state index in [9.17, 15) is 18.1 Å². The van der Waals surface area contributed by atoms with Gasteiger partial charge in [-0.3, -0.25) is 9.29 Å². The largest absolute Gasteiger partial charge is 0.456 e. The maximum absolute atomic E-state index is 13.1. The van der Waals surface area contributed by atoms with Gasteiger partial charge < -0.3 is 4.74 Å². The minimum atomic E-state index is -3.83. The molecular weight excluding hydrogens is 393 g/mol. The van der Waals surface area contributed by atoms with Crippen LogP contribution in [0.25, 0.3) is 0 Å². The van der Waals surface area contributed by atoms with Crippen LogP contribution < -0.4 is 9.04 Å². The average Bonchev–Trinajstić information content (AvgIpc) is 2.68. The summed E-state index contributed by atoms with van der Waals surface area (Å²) in [6.45, 7) is 3.54. The fourth-order valence-corrected chi connectivity index (χ4v) is 3.96. The number of ether oxygens (including phenoxy) is 1. The third-order valence-electron chi connectivity index (χ3n) is 4.30. The van der Waals surface area contributed by atoms with Gasteiger partial charge in [0.2, 0.25) is 0 Å². The van der Waals surface area contributed by atoms with Gasteiger partial charge in [-0.25, -0.2) is 12.8 Å². The highest BCUT2D eigenvalue weighted by Gasteiger charge is 2.21. The van der Waals surface area contributed by atoms with E-state index in [1.807, 2.05) is 0 Å². The van der Waals surface area contributed by atoms with E-state index < -0.39 is 15.8 Å². The SMILES string of the molecule is Cc1cc(Oc2ccc(N(C)S(=O)(=O)c3ccc(F)cc3)cc2)c(C#N)c(C)n1. The highest BCUT2D eigenvalue weighted by atomic mass is 32.2. The van der Waals surface area contributed by atoms with E-state index in [2.05, 4.69) is 11.1 Å². The van der Waals surface area contributed by atoms with Crippen LogP contribution >= 0.6 is 0 Å². The molecule has 0 fully saturated rings. The second-order valence-electron chi connectivity index (χ2n) is 6.36. The van der Waals surface area contributed by atoms with Crippen molar-refractivity contribution in [1.82, 2.24) is 4.98 Å². The number of aryl methyl sites for hydroxylation is 2. The van der Waals surface area contributed by atoms with E-state index in [0.29, 0.717) is 28.4 Å². The number of rotatable bonds is 5. The van der Waals surface area contributed by atoms with Crippen molar-refractivity contribution in [2.75, 3.05) is 11.4 Å². The fraction of sp³-hybridized carbons (Fsp3) is 0.143.